The number of nitrogens with zero attached hydrogens (tertiary/aromatic N) is 1. The van der Waals surface area contributed by atoms with Crippen LogP contribution in [-0.2, 0) is 11.2 Å². The Morgan fingerprint density at radius 2 is 2.00 bits per heavy atom. The van der Waals surface area contributed by atoms with E-state index in [2.05, 4.69) is 10.3 Å². The van der Waals surface area contributed by atoms with Gasteiger partial charge in [-0.2, -0.15) is 0 Å². The van der Waals surface area contributed by atoms with Crippen LogP contribution >= 0.6 is 0 Å². The molecule has 0 aliphatic heterocycles. The van der Waals surface area contributed by atoms with Crippen LogP contribution in [0, 0.1) is 0 Å². The zero-order valence-corrected chi connectivity index (χ0v) is 12.8. The molecule has 1 aromatic heterocycles. The van der Waals surface area contributed by atoms with Crippen LogP contribution in [0.1, 0.15) is 18.9 Å². The quantitative estimate of drug-likeness (QED) is 0.853. The predicted molar refractivity (Wildman–Crippen MR) is 85.4 cm³/mol. The van der Waals surface area contributed by atoms with Crippen LogP contribution in [0.2, 0.25) is 0 Å². The molecule has 0 saturated carbocycles. The molecule has 2 aromatic rings. The predicted octanol–water partition coefficient (Wildman–Crippen LogP) is 3.06. The van der Waals surface area contributed by atoms with Crippen molar-refractivity contribution in [1.29, 1.82) is 0 Å². The van der Waals surface area contributed by atoms with Crippen molar-refractivity contribution in [3.05, 3.63) is 48.2 Å². The highest BCUT2D eigenvalue weighted by molar-refractivity contribution is 5.91. The van der Waals surface area contributed by atoms with Gasteiger partial charge in [-0.25, -0.2) is 4.98 Å². The molecule has 0 spiro atoms. The summed E-state index contributed by atoms with van der Waals surface area (Å²) >= 11 is 0. The summed E-state index contributed by atoms with van der Waals surface area (Å²) in [6.07, 6.45) is 2.66. The molecule has 0 radical (unpaired) electrons. The van der Waals surface area contributed by atoms with Crippen molar-refractivity contribution < 1.29 is 14.3 Å². The highest BCUT2D eigenvalue weighted by Gasteiger charge is 2.08. The zero-order valence-electron chi connectivity index (χ0n) is 12.8. The summed E-state index contributed by atoms with van der Waals surface area (Å²) in [6, 6.07) is 11.3. The maximum absolute atomic E-state index is 12.0. The fraction of sp³-hybridized carbons (Fsp3) is 0.294. The monoisotopic (exact) mass is 300 g/mol. The van der Waals surface area contributed by atoms with E-state index in [0.29, 0.717) is 31.0 Å². The maximum Gasteiger partial charge on any atom is 0.225 e. The lowest BCUT2D eigenvalue weighted by Crippen LogP contribution is -2.14. The van der Waals surface area contributed by atoms with Crippen LogP contribution in [0.3, 0.4) is 0 Å². The first-order valence-electron chi connectivity index (χ1n) is 7.23. The average Bonchev–Trinajstić information content (AvgIpc) is 2.55. The number of nitrogens with one attached hydrogen (secondary N) is 1. The summed E-state index contributed by atoms with van der Waals surface area (Å²) in [6.45, 7) is 2.60. The van der Waals surface area contributed by atoms with Gasteiger partial charge in [0.1, 0.15) is 5.75 Å². The standard InChI is InChI=1S/C17H20N2O3/c1-3-22-14-9-6-13(7-10-14)8-11-16(20)19-17-15(21-2)5-4-12-18-17/h4-7,9-10,12H,3,8,11H2,1-2H3,(H,18,19,20). The Balaban J connectivity index is 1.87. The van der Waals surface area contributed by atoms with Gasteiger partial charge >= 0.3 is 0 Å². The Labute approximate surface area is 130 Å². The normalized spacial score (nSPS) is 10.1. The molecule has 22 heavy (non-hydrogen) atoms. The third kappa shape index (κ3) is 4.48. The van der Waals surface area contributed by atoms with Gasteiger partial charge in [-0.05, 0) is 43.2 Å². The summed E-state index contributed by atoms with van der Waals surface area (Å²) in [5.41, 5.74) is 1.09. The largest absolute Gasteiger partial charge is 0.494 e. The number of aromatic nitrogens is 1. The topological polar surface area (TPSA) is 60.5 Å². The van der Waals surface area contributed by atoms with E-state index in [9.17, 15) is 4.79 Å². The molecule has 1 amide bonds. The third-order valence-corrected chi connectivity index (χ3v) is 3.12. The van der Waals surface area contributed by atoms with Gasteiger partial charge in [0.15, 0.2) is 11.6 Å². The van der Waals surface area contributed by atoms with Crippen molar-refractivity contribution in [1.82, 2.24) is 4.98 Å². The molecule has 5 nitrogen and oxygen atoms in total. The lowest BCUT2D eigenvalue weighted by molar-refractivity contribution is -0.116. The van der Waals surface area contributed by atoms with Gasteiger partial charge in [0.2, 0.25) is 5.91 Å². The Bertz CT molecular complexity index is 612. The van der Waals surface area contributed by atoms with Crippen molar-refractivity contribution >= 4 is 11.7 Å². The molecular formula is C17H20N2O3. The van der Waals surface area contributed by atoms with Gasteiger partial charge in [-0.15, -0.1) is 0 Å². The number of pyridine rings is 1. The fourth-order valence-corrected chi connectivity index (χ4v) is 2.02. The lowest BCUT2D eigenvalue weighted by Gasteiger charge is -2.09. The average molecular weight is 300 g/mol. The van der Waals surface area contributed by atoms with Crippen LogP contribution in [0.25, 0.3) is 0 Å². The Morgan fingerprint density at radius 1 is 1.23 bits per heavy atom. The van der Waals surface area contributed by atoms with Gasteiger partial charge in [-0.1, -0.05) is 12.1 Å². The van der Waals surface area contributed by atoms with Gasteiger partial charge in [0.05, 0.1) is 13.7 Å². The van der Waals surface area contributed by atoms with Crippen LogP contribution in [0.4, 0.5) is 5.82 Å². The van der Waals surface area contributed by atoms with Crippen LogP contribution in [0.15, 0.2) is 42.6 Å². The number of aryl methyl sites for hydroxylation is 1. The number of hydrogen-bond donors (Lipinski definition) is 1. The number of amides is 1. The third-order valence-electron chi connectivity index (χ3n) is 3.12. The summed E-state index contributed by atoms with van der Waals surface area (Å²) < 4.78 is 10.5. The van der Waals surface area contributed by atoms with E-state index < -0.39 is 0 Å². The summed E-state index contributed by atoms with van der Waals surface area (Å²) in [5.74, 6) is 1.75. The first kappa shape index (κ1) is 15.8. The maximum atomic E-state index is 12.0. The number of hydrogen-bond acceptors (Lipinski definition) is 4. The molecule has 5 heteroatoms. The van der Waals surface area contributed by atoms with E-state index in [4.69, 9.17) is 9.47 Å². The molecule has 0 aliphatic carbocycles. The highest BCUT2D eigenvalue weighted by Crippen LogP contribution is 2.20. The minimum absolute atomic E-state index is 0.0918. The molecule has 0 fully saturated rings. The van der Waals surface area contributed by atoms with Crippen LogP contribution in [0.5, 0.6) is 11.5 Å². The van der Waals surface area contributed by atoms with E-state index in [1.54, 1.807) is 25.4 Å². The number of carbonyl (C=O) groups excluding carboxylic acids is 1. The summed E-state index contributed by atoms with van der Waals surface area (Å²) in [5, 5.41) is 2.76. The van der Waals surface area contributed by atoms with Crippen molar-refractivity contribution in [3.63, 3.8) is 0 Å². The second-order valence-electron chi connectivity index (χ2n) is 4.68. The molecule has 0 unspecified atom stereocenters. The number of anilines is 1. The Hall–Kier alpha value is -2.56. The van der Waals surface area contributed by atoms with Crippen LogP contribution < -0.4 is 14.8 Å². The molecule has 1 heterocycles. The number of methoxy groups -OCH3 is 1. The van der Waals surface area contributed by atoms with Crippen molar-refractivity contribution in [2.24, 2.45) is 0 Å². The second-order valence-corrected chi connectivity index (χ2v) is 4.68. The first-order valence-corrected chi connectivity index (χ1v) is 7.23. The van der Waals surface area contributed by atoms with Crippen molar-refractivity contribution in [2.75, 3.05) is 19.0 Å². The number of ether oxygens (including phenoxy) is 2. The molecular weight excluding hydrogens is 280 g/mol. The first-order chi connectivity index (χ1) is 10.7. The van der Waals surface area contributed by atoms with E-state index in [-0.39, 0.29) is 5.91 Å². The van der Waals surface area contributed by atoms with Crippen LogP contribution in [-0.4, -0.2) is 24.6 Å². The van der Waals surface area contributed by atoms with Gasteiger partial charge in [0, 0.05) is 12.6 Å². The zero-order chi connectivity index (χ0) is 15.8. The number of benzene rings is 1. The molecule has 2 rings (SSSR count). The number of rotatable bonds is 7. The van der Waals surface area contributed by atoms with Gasteiger partial charge in [-0.3, -0.25) is 4.79 Å². The molecule has 1 aromatic carbocycles. The Kier molecular flexibility index (Phi) is 5.77. The molecule has 1 N–H and O–H groups in total. The minimum atomic E-state index is -0.0918. The summed E-state index contributed by atoms with van der Waals surface area (Å²) in [4.78, 5) is 16.1. The van der Waals surface area contributed by atoms with Crippen molar-refractivity contribution in [2.45, 2.75) is 19.8 Å². The molecule has 116 valence electrons. The summed E-state index contributed by atoms with van der Waals surface area (Å²) in [7, 11) is 1.55. The minimum Gasteiger partial charge on any atom is -0.494 e. The van der Waals surface area contributed by atoms with E-state index in [1.165, 1.54) is 0 Å². The molecule has 0 atom stereocenters. The van der Waals surface area contributed by atoms with Crippen molar-refractivity contribution in [3.8, 4) is 11.5 Å². The van der Waals surface area contributed by atoms with Gasteiger partial charge < -0.3 is 14.8 Å². The molecule has 0 bridgehead atoms. The SMILES string of the molecule is CCOc1ccc(CCC(=O)Nc2ncccc2OC)cc1. The smallest absolute Gasteiger partial charge is 0.225 e. The lowest BCUT2D eigenvalue weighted by atomic mass is 10.1. The Morgan fingerprint density at radius 3 is 2.68 bits per heavy atom. The highest BCUT2D eigenvalue weighted by atomic mass is 16.5. The number of carbonyl (C=O) groups is 1. The second kappa shape index (κ2) is 8.02. The van der Waals surface area contributed by atoms with E-state index in [1.807, 2.05) is 31.2 Å². The van der Waals surface area contributed by atoms with E-state index >= 15 is 0 Å². The fourth-order valence-electron chi connectivity index (χ4n) is 2.02. The van der Waals surface area contributed by atoms with E-state index in [0.717, 1.165) is 11.3 Å². The molecule has 0 aliphatic rings. The molecule has 0 saturated heterocycles. The van der Waals surface area contributed by atoms with Gasteiger partial charge in [0.25, 0.3) is 0 Å².